The lowest BCUT2D eigenvalue weighted by molar-refractivity contribution is 1.15. The molecule has 2 rings (SSSR count). The molecule has 0 amide bonds. The molecule has 82 valence electrons. The summed E-state index contributed by atoms with van der Waals surface area (Å²) in [6, 6.07) is 8.75. The Morgan fingerprint density at radius 1 is 0.750 bits per heavy atom. The van der Waals surface area contributed by atoms with Gasteiger partial charge in [-0.1, -0.05) is 18.2 Å². The SMILES string of the molecule is Cc1ccc(-c2cnc(C)c(C)c2)cc1C. The molecule has 2 aromatic rings. The minimum absolute atomic E-state index is 1.10. The number of hydrogen-bond acceptors (Lipinski definition) is 1. The standard InChI is InChI=1S/C15H17N/c1-10-5-6-14(7-11(10)2)15-8-12(3)13(4)16-9-15/h5-9H,1-4H3. The quantitative estimate of drug-likeness (QED) is 0.695. The molecule has 1 aromatic carbocycles. The molecule has 16 heavy (non-hydrogen) atoms. The van der Waals surface area contributed by atoms with Crippen LogP contribution < -0.4 is 0 Å². The van der Waals surface area contributed by atoms with E-state index < -0.39 is 0 Å². The molecule has 1 heterocycles. The number of aryl methyl sites for hydroxylation is 4. The van der Waals surface area contributed by atoms with E-state index in [0.29, 0.717) is 0 Å². The summed E-state index contributed by atoms with van der Waals surface area (Å²) in [5.41, 5.74) is 7.46. The summed E-state index contributed by atoms with van der Waals surface area (Å²) in [5.74, 6) is 0. The molecule has 0 aliphatic rings. The Morgan fingerprint density at radius 2 is 1.44 bits per heavy atom. The molecule has 0 fully saturated rings. The van der Waals surface area contributed by atoms with Crippen molar-refractivity contribution < 1.29 is 0 Å². The molecule has 0 aliphatic heterocycles. The largest absolute Gasteiger partial charge is 0.261 e. The number of nitrogens with zero attached hydrogens (tertiary/aromatic N) is 1. The van der Waals surface area contributed by atoms with Crippen molar-refractivity contribution in [3.05, 3.63) is 52.8 Å². The Bertz CT molecular complexity index is 477. The summed E-state index contributed by atoms with van der Waals surface area (Å²) in [4.78, 5) is 4.41. The van der Waals surface area contributed by atoms with Crippen molar-refractivity contribution in [2.45, 2.75) is 27.7 Å². The van der Waals surface area contributed by atoms with Crippen LogP contribution in [0.1, 0.15) is 22.4 Å². The number of pyridine rings is 1. The molecule has 1 aromatic heterocycles. The fraction of sp³-hybridized carbons (Fsp3) is 0.267. The third-order valence-corrected chi connectivity index (χ3v) is 3.18. The van der Waals surface area contributed by atoms with Crippen molar-refractivity contribution >= 4 is 0 Å². The lowest BCUT2D eigenvalue weighted by Gasteiger charge is -2.07. The Morgan fingerprint density at radius 3 is 2.06 bits per heavy atom. The van der Waals surface area contributed by atoms with Crippen molar-refractivity contribution in [2.75, 3.05) is 0 Å². The molecule has 0 bridgehead atoms. The monoisotopic (exact) mass is 211 g/mol. The second-order valence-corrected chi connectivity index (χ2v) is 4.43. The molecular formula is C15H17N. The topological polar surface area (TPSA) is 12.9 Å². The first-order chi connectivity index (χ1) is 7.58. The molecule has 0 aliphatic carbocycles. The van der Waals surface area contributed by atoms with Gasteiger partial charge in [-0.15, -0.1) is 0 Å². The minimum Gasteiger partial charge on any atom is -0.261 e. The van der Waals surface area contributed by atoms with E-state index in [1.54, 1.807) is 0 Å². The summed E-state index contributed by atoms with van der Waals surface area (Å²) < 4.78 is 0. The molecule has 0 radical (unpaired) electrons. The van der Waals surface area contributed by atoms with Crippen LogP contribution in [0.3, 0.4) is 0 Å². The first-order valence-electron chi connectivity index (χ1n) is 5.59. The molecule has 0 saturated carbocycles. The van der Waals surface area contributed by atoms with Crippen LogP contribution in [0, 0.1) is 27.7 Å². The zero-order valence-electron chi connectivity index (χ0n) is 10.3. The second-order valence-electron chi connectivity index (χ2n) is 4.43. The highest BCUT2D eigenvalue weighted by Crippen LogP contribution is 2.22. The number of rotatable bonds is 1. The lowest BCUT2D eigenvalue weighted by atomic mass is 10.0. The molecule has 1 heteroatoms. The molecule has 0 N–H and O–H groups in total. The van der Waals surface area contributed by atoms with Crippen LogP contribution in [0.2, 0.25) is 0 Å². The number of hydrogen-bond donors (Lipinski definition) is 0. The smallest absolute Gasteiger partial charge is 0.0402 e. The zero-order chi connectivity index (χ0) is 11.7. The third kappa shape index (κ3) is 1.99. The van der Waals surface area contributed by atoms with Crippen LogP contribution in [-0.4, -0.2) is 4.98 Å². The Labute approximate surface area is 97.2 Å². The molecule has 0 atom stereocenters. The maximum Gasteiger partial charge on any atom is 0.0402 e. The fourth-order valence-electron chi connectivity index (χ4n) is 1.72. The Hall–Kier alpha value is -1.63. The van der Waals surface area contributed by atoms with Gasteiger partial charge in [-0.3, -0.25) is 4.98 Å². The molecule has 0 saturated heterocycles. The Balaban J connectivity index is 2.50. The van der Waals surface area contributed by atoms with E-state index in [2.05, 4.69) is 50.0 Å². The molecular weight excluding hydrogens is 194 g/mol. The predicted octanol–water partition coefficient (Wildman–Crippen LogP) is 3.98. The van der Waals surface area contributed by atoms with Crippen LogP contribution in [0.15, 0.2) is 30.5 Å². The second kappa shape index (κ2) is 4.09. The summed E-state index contributed by atoms with van der Waals surface area (Å²) in [6.07, 6.45) is 1.95. The van der Waals surface area contributed by atoms with E-state index in [-0.39, 0.29) is 0 Å². The van der Waals surface area contributed by atoms with Crippen LogP contribution in [0.4, 0.5) is 0 Å². The van der Waals surface area contributed by atoms with Gasteiger partial charge in [-0.05, 0) is 56.0 Å². The predicted molar refractivity (Wildman–Crippen MR) is 68.6 cm³/mol. The van der Waals surface area contributed by atoms with Gasteiger partial charge in [0.25, 0.3) is 0 Å². The summed E-state index contributed by atoms with van der Waals surface area (Å²) in [5, 5.41) is 0. The van der Waals surface area contributed by atoms with Gasteiger partial charge in [0.2, 0.25) is 0 Å². The first-order valence-corrected chi connectivity index (χ1v) is 5.59. The fourth-order valence-corrected chi connectivity index (χ4v) is 1.72. The summed E-state index contributed by atoms with van der Waals surface area (Å²) in [7, 11) is 0. The number of aromatic nitrogens is 1. The van der Waals surface area contributed by atoms with E-state index in [1.807, 2.05) is 13.1 Å². The zero-order valence-corrected chi connectivity index (χ0v) is 10.3. The van der Waals surface area contributed by atoms with Gasteiger partial charge >= 0.3 is 0 Å². The third-order valence-electron chi connectivity index (χ3n) is 3.18. The summed E-state index contributed by atoms with van der Waals surface area (Å²) >= 11 is 0. The molecule has 1 nitrogen and oxygen atoms in total. The highest BCUT2D eigenvalue weighted by molar-refractivity contribution is 5.64. The minimum atomic E-state index is 1.10. The highest BCUT2D eigenvalue weighted by Gasteiger charge is 2.02. The van der Waals surface area contributed by atoms with E-state index in [1.165, 1.54) is 27.8 Å². The number of benzene rings is 1. The van der Waals surface area contributed by atoms with Crippen molar-refractivity contribution in [1.82, 2.24) is 4.98 Å². The van der Waals surface area contributed by atoms with E-state index >= 15 is 0 Å². The molecule has 0 unspecified atom stereocenters. The summed E-state index contributed by atoms with van der Waals surface area (Å²) in [6.45, 7) is 8.43. The van der Waals surface area contributed by atoms with Crippen molar-refractivity contribution in [1.29, 1.82) is 0 Å². The van der Waals surface area contributed by atoms with Crippen LogP contribution in [0.5, 0.6) is 0 Å². The van der Waals surface area contributed by atoms with Gasteiger partial charge in [0.1, 0.15) is 0 Å². The van der Waals surface area contributed by atoms with Gasteiger partial charge in [0.05, 0.1) is 0 Å². The Kier molecular flexibility index (Phi) is 2.78. The molecule has 0 spiro atoms. The maximum atomic E-state index is 4.41. The van der Waals surface area contributed by atoms with Gasteiger partial charge in [0.15, 0.2) is 0 Å². The van der Waals surface area contributed by atoms with E-state index in [0.717, 1.165) is 5.69 Å². The van der Waals surface area contributed by atoms with Crippen molar-refractivity contribution in [3.8, 4) is 11.1 Å². The highest BCUT2D eigenvalue weighted by atomic mass is 14.7. The van der Waals surface area contributed by atoms with Crippen molar-refractivity contribution in [2.24, 2.45) is 0 Å². The van der Waals surface area contributed by atoms with Crippen molar-refractivity contribution in [3.63, 3.8) is 0 Å². The van der Waals surface area contributed by atoms with Crippen LogP contribution >= 0.6 is 0 Å². The lowest BCUT2D eigenvalue weighted by Crippen LogP contribution is -1.89. The van der Waals surface area contributed by atoms with E-state index in [4.69, 9.17) is 0 Å². The van der Waals surface area contributed by atoms with Gasteiger partial charge in [0, 0.05) is 17.5 Å². The van der Waals surface area contributed by atoms with Crippen LogP contribution in [0.25, 0.3) is 11.1 Å². The van der Waals surface area contributed by atoms with Gasteiger partial charge < -0.3 is 0 Å². The average Bonchev–Trinajstić information content (AvgIpc) is 2.26. The average molecular weight is 211 g/mol. The van der Waals surface area contributed by atoms with Crippen LogP contribution in [-0.2, 0) is 0 Å². The van der Waals surface area contributed by atoms with Gasteiger partial charge in [-0.25, -0.2) is 0 Å². The first kappa shape index (κ1) is 10.9. The van der Waals surface area contributed by atoms with E-state index in [9.17, 15) is 0 Å². The van der Waals surface area contributed by atoms with Gasteiger partial charge in [-0.2, -0.15) is 0 Å². The normalized spacial score (nSPS) is 10.5. The maximum absolute atomic E-state index is 4.41.